The average Bonchev–Trinajstić information content (AvgIpc) is 2.55. The van der Waals surface area contributed by atoms with E-state index in [0.29, 0.717) is 22.9 Å². The van der Waals surface area contributed by atoms with E-state index in [0.717, 1.165) is 0 Å². The summed E-state index contributed by atoms with van der Waals surface area (Å²) < 4.78 is 66.9. The number of benzene rings is 3. The minimum atomic E-state index is -4.60. The largest absolute Gasteiger partial charge is 0.454 e. The van der Waals surface area contributed by atoms with Gasteiger partial charge in [-0.25, -0.2) is 13.6 Å². The van der Waals surface area contributed by atoms with Gasteiger partial charge < -0.3 is 4.74 Å². The summed E-state index contributed by atoms with van der Waals surface area (Å²) in [5, 5.41) is 5.69. The molecule has 0 saturated heterocycles. The molecule has 27 heavy (non-hydrogen) atoms. The Bertz CT molecular complexity index is 1120. The lowest BCUT2D eigenvalue weighted by Crippen LogP contribution is -2.11. The number of hydrogen-bond donors (Lipinski definition) is 1. The van der Waals surface area contributed by atoms with Gasteiger partial charge >= 0.3 is 6.18 Å². The van der Waals surface area contributed by atoms with Crippen LogP contribution in [0.5, 0.6) is 11.5 Å². The minimum absolute atomic E-state index is 0.0854. The third-order valence-corrected chi connectivity index (χ3v) is 5.13. The highest BCUT2D eigenvalue weighted by Crippen LogP contribution is 2.42. The maximum absolute atomic E-state index is 12.8. The number of hydrogen-bond acceptors (Lipinski definition) is 3. The van der Waals surface area contributed by atoms with Gasteiger partial charge in [-0.2, -0.15) is 13.2 Å². The number of primary sulfonamides is 1. The molecule has 3 aromatic rings. The molecular formula is C17H10Cl2F3NO3S. The highest BCUT2D eigenvalue weighted by molar-refractivity contribution is 7.89. The molecule has 2 N–H and O–H groups in total. The van der Waals surface area contributed by atoms with Crippen molar-refractivity contribution in [1.29, 1.82) is 0 Å². The van der Waals surface area contributed by atoms with Crippen molar-refractivity contribution in [1.82, 2.24) is 0 Å². The Kier molecular flexibility index (Phi) is 5.02. The maximum atomic E-state index is 12.8. The van der Waals surface area contributed by atoms with Crippen LogP contribution in [0.4, 0.5) is 13.2 Å². The van der Waals surface area contributed by atoms with E-state index in [-0.39, 0.29) is 26.4 Å². The molecule has 0 saturated carbocycles. The summed E-state index contributed by atoms with van der Waals surface area (Å²) in [6.07, 6.45) is -4.60. The number of rotatable bonds is 3. The summed E-state index contributed by atoms with van der Waals surface area (Å²) >= 11 is 11.8. The Morgan fingerprint density at radius 1 is 0.889 bits per heavy atom. The average molecular weight is 436 g/mol. The van der Waals surface area contributed by atoms with Crippen LogP contribution in [0.15, 0.2) is 53.4 Å². The van der Waals surface area contributed by atoms with Crippen LogP contribution >= 0.6 is 23.2 Å². The molecule has 3 rings (SSSR count). The Balaban J connectivity index is 2.02. The molecule has 0 radical (unpaired) electrons. The Morgan fingerprint density at radius 2 is 1.48 bits per heavy atom. The van der Waals surface area contributed by atoms with Crippen LogP contribution in [0.3, 0.4) is 0 Å². The molecule has 0 aliphatic rings. The van der Waals surface area contributed by atoms with Gasteiger partial charge in [0.2, 0.25) is 10.0 Å². The zero-order valence-corrected chi connectivity index (χ0v) is 15.5. The highest BCUT2D eigenvalue weighted by atomic mass is 35.5. The van der Waals surface area contributed by atoms with Crippen LogP contribution in [0.2, 0.25) is 10.0 Å². The fourth-order valence-corrected chi connectivity index (χ4v) is 3.50. The van der Waals surface area contributed by atoms with Gasteiger partial charge in [0.25, 0.3) is 0 Å². The van der Waals surface area contributed by atoms with Gasteiger partial charge in [0.05, 0.1) is 20.5 Å². The van der Waals surface area contributed by atoms with Crippen molar-refractivity contribution in [3.05, 3.63) is 64.1 Å². The Labute approximate surface area is 162 Å². The second-order valence-corrected chi connectivity index (χ2v) is 7.96. The van der Waals surface area contributed by atoms with E-state index in [9.17, 15) is 21.6 Å². The number of nitrogens with two attached hydrogens (primary N) is 1. The standard InChI is InChI=1S/C17H10Cl2F3NO3S/c18-14-7-11(17(20,21)22)8-15(19)16(14)26-12-3-1-9-2-4-13(27(23,24)25)6-10(9)5-12/h1-8H,(H2,23,24,25). The number of halogens is 5. The van der Waals surface area contributed by atoms with Crippen LogP contribution in [0.1, 0.15) is 5.56 Å². The molecule has 10 heteroatoms. The maximum Gasteiger partial charge on any atom is 0.416 e. The molecule has 0 aliphatic heterocycles. The first-order chi connectivity index (χ1) is 12.4. The number of alkyl halides is 3. The predicted molar refractivity (Wildman–Crippen MR) is 96.9 cm³/mol. The molecule has 3 aromatic carbocycles. The quantitative estimate of drug-likeness (QED) is 0.581. The van der Waals surface area contributed by atoms with Crippen LogP contribution in [0, 0.1) is 0 Å². The Morgan fingerprint density at radius 3 is 2.04 bits per heavy atom. The van der Waals surface area contributed by atoms with E-state index in [1.165, 1.54) is 18.2 Å². The van der Waals surface area contributed by atoms with E-state index in [4.69, 9.17) is 33.1 Å². The van der Waals surface area contributed by atoms with E-state index in [1.807, 2.05) is 0 Å². The normalized spacial score (nSPS) is 12.4. The first-order valence-electron chi connectivity index (χ1n) is 7.26. The molecule has 0 amide bonds. The van der Waals surface area contributed by atoms with Crippen molar-refractivity contribution in [3.8, 4) is 11.5 Å². The SMILES string of the molecule is NS(=O)(=O)c1ccc2ccc(Oc3c(Cl)cc(C(F)(F)F)cc3Cl)cc2c1. The third-order valence-electron chi connectivity index (χ3n) is 3.66. The van der Waals surface area contributed by atoms with Gasteiger partial charge in [-0.1, -0.05) is 35.3 Å². The number of ether oxygens (including phenoxy) is 1. The van der Waals surface area contributed by atoms with Gasteiger partial charge in [-0.05, 0) is 47.2 Å². The molecule has 142 valence electrons. The fourth-order valence-electron chi connectivity index (χ4n) is 2.38. The van der Waals surface area contributed by atoms with Crippen LogP contribution in [-0.2, 0) is 16.2 Å². The molecule has 0 unspecified atom stereocenters. The van der Waals surface area contributed by atoms with Crippen molar-refractivity contribution >= 4 is 44.0 Å². The predicted octanol–water partition coefficient (Wildman–Crippen LogP) is 5.61. The van der Waals surface area contributed by atoms with Crippen molar-refractivity contribution < 1.29 is 26.3 Å². The van der Waals surface area contributed by atoms with Gasteiger partial charge in [-0.15, -0.1) is 0 Å². The van der Waals surface area contributed by atoms with E-state index in [2.05, 4.69) is 0 Å². The van der Waals surface area contributed by atoms with E-state index < -0.39 is 21.8 Å². The fraction of sp³-hybridized carbons (Fsp3) is 0.0588. The molecule has 0 bridgehead atoms. The van der Waals surface area contributed by atoms with Crippen LogP contribution in [-0.4, -0.2) is 8.42 Å². The van der Waals surface area contributed by atoms with Gasteiger partial charge in [0, 0.05) is 0 Å². The smallest absolute Gasteiger partial charge is 0.416 e. The summed E-state index contributed by atoms with van der Waals surface area (Å²) in [7, 11) is -3.89. The van der Waals surface area contributed by atoms with Crippen LogP contribution < -0.4 is 9.88 Å². The summed E-state index contributed by atoms with van der Waals surface area (Å²) in [6.45, 7) is 0. The van der Waals surface area contributed by atoms with Gasteiger partial charge in [0.15, 0.2) is 5.75 Å². The van der Waals surface area contributed by atoms with Gasteiger partial charge in [-0.3, -0.25) is 0 Å². The van der Waals surface area contributed by atoms with E-state index >= 15 is 0 Å². The minimum Gasteiger partial charge on any atom is -0.454 e. The zero-order valence-electron chi connectivity index (χ0n) is 13.2. The summed E-state index contributed by atoms with van der Waals surface area (Å²) in [5.74, 6) is 0.0610. The van der Waals surface area contributed by atoms with Crippen molar-refractivity contribution in [3.63, 3.8) is 0 Å². The molecule has 0 atom stereocenters. The highest BCUT2D eigenvalue weighted by Gasteiger charge is 2.32. The van der Waals surface area contributed by atoms with E-state index in [1.54, 1.807) is 18.2 Å². The number of fused-ring (bicyclic) bond motifs is 1. The first-order valence-corrected chi connectivity index (χ1v) is 9.56. The lowest BCUT2D eigenvalue weighted by Gasteiger charge is -2.13. The molecule has 4 nitrogen and oxygen atoms in total. The van der Waals surface area contributed by atoms with Crippen LogP contribution in [0.25, 0.3) is 10.8 Å². The van der Waals surface area contributed by atoms with Crippen molar-refractivity contribution in [2.24, 2.45) is 5.14 Å². The monoisotopic (exact) mass is 435 g/mol. The second-order valence-electron chi connectivity index (χ2n) is 5.58. The molecule has 0 aliphatic carbocycles. The molecule has 0 heterocycles. The molecule has 0 aromatic heterocycles. The molecule has 0 fully saturated rings. The summed E-state index contributed by atoms with van der Waals surface area (Å²) in [4.78, 5) is -0.0854. The lowest BCUT2D eigenvalue weighted by atomic mass is 10.1. The third kappa shape index (κ3) is 4.30. The van der Waals surface area contributed by atoms with Crippen molar-refractivity contribution in [2.45, 2.75) is 11.1 Å². The molecule has 0 spiro atoms. The van der Waals surface area contributed by atoms with Gasteiger partial charge in [0.1, 0.15) is 5.75 Å². The number of sulfonamides is 1. The first kappa shape index (κ1) is 19.8. The Hall–Kier alpha value is -2.00. The topological polar surface area (TPSA) is 69.4 Å². The summed E-state index contributed by atoms with van der Waals surface area (Å²) in [5.41, 5.74) is -0.999. The molecular weight excluding hydrogens is 426 g/mol. The second kappa shape index (κ2) is 6.87. The van der Waals surface area contributed by atoms with Crippen molar-refractivity contribution in [2.75, 3.05) is 0 Å². The lowest BCUT2D eigenvalue weighted by molar-refractivity contribution is -0.137. The summed E-state index contributed by atoms with van der Waals surface area (Å²) in [6, 6.07) is 10.4. The zero-order chi connectivity index (χ0) is 20.0.